The number of benzene rings is 5. The molecule has 10 rings (SSSR count). The molecule has 5 heterocycles. The summed E-state index contributed by atoms with van der Waals surface area (Å²) in [4.78, 5) is 65.0. The molecular weight excluding hydrogens is 1220 g/mol. The van der Waals surface area contributed by atoms with Gasteiger partial charge in [0, 0.05) is 77.7 Å². The Morgan fingerprint density at radius 1 is 0.692 bits per heavy atom. The third-order valence-corrected chi connectivity index (χ3v) is 15.3. The number of phenols is 2. The quantitative estimate of drug-likeness (QED) is 0.00993. The molecule has 0 saturated heterocycles. The Morgan fingerprint density at radius 2 is 1.33 bits per heavy atom. The van der Waals surface area contributed by atoms with Gasteiger partial charge in [0.2, 0.25) is 11.7 Å². The van der Waals surface area contributed by atoms with E-state index in [1.807, 2.05) is 35.1 Å². The van der Waals surface area contributed by atoms with Gasteiger partial charge in [-0.15, -0.1) is 11.3 Å². The molecule has 2 amide bonds. The first-order valence-electron chi connectivity index (χ1n) is 29.1. The average Bonchev–Trinajstić information content (AvgIpc) is 1.62. The number of anilines is 2. The molecule has 0 radical (unpaired) electrons. The van der Waals surface area contributed by atoms with Crippen LogP contribution in [0.4, 0.5) is 19.6 Å². The highest BCUT2D eigenvalue weighted by molar-refractivity contribution is 7.80. The predicted molar refractivity (Wildman–Crippen MR) is 333 cm³/mol. The molecule has 6 N–H and O–H groups in total. The third kappa shape index (κ3) is 16.7. The zero-order valence-electron chi connectivity index (χ0n) is 49.3. The van der Waals surface area contributed by atoms with Crippen LogP contribution in [0.1, 0.15) is 68.1 Å². The first kappa shape index (κ1) is 64.9. The Labute approximate surface area is 529 Å². The molecule has 91 heavy (non-hydrogen) atoms. The molecule has 27 heteroatoms. The number of esters is 2. The highest BCUT2D eigenvalue weighted by Crippen LogP contribution is 2.57. The van der Waals surface area contributed by atoms with E-state index in [2.05, 4.69) is 36.2 Å². The van der Waals surface area contributed by atoms with Crippen molar-refractivity contribution in [1.29, 1.82) is 0 Å². The number of aromatic hydroxyl groups is 2. The van der Waals surface area contributed by atoms with Gasteiger partial charge in [0.25, 0.3) is 5.91 Å². The van der Waals surface area contributed by atoms with Crippen molar-refractivity contribution in [2.24, 2.45) is 0 Å². The van der Waals surface area contributed by atoms with Crippen LogP contribution in [0.2, 0.25) is 0 Å². The summed E-state index contributed by atoms with van der Waals surface area (Å²) in [7, 11) is 0. The van der Waals surface area contributed by atoms with E-state index in [1.54, 1.807) is 54.7 Å². The van der Waals surface area contributed by atoms with Gasteiger partial charge in [0.15, 0.2) is 27.5 Å². The first-order chi connectivity index (χ1) is 44.2. The second kappa shape index (κ2) is 31.1. The monoisotopic (exact) mass is 1290 g/mol. The smallest absolute Gasteiger partial charge is 0.340 e. The second-order valence-electron chi connectivity index (χ2n) is 20.6. The van der Waals surface area contributed by atoms with Crippen LogP contribution in [0.5, 0.6) is 28.7 Å². The van der Waals surface area contributed by atoms with Crippen LogP contribution >= 0.6 is 23.6 Å². The Kier molecular flexibility index (Phi) is 22.2. The molecule has 8 aromatic rings. The third-order valence-electron chi connectivity index (χ3n) is 14.3. The van der Waals surface area contributed by atoms with Crippen molar-refractivity contribution < 1.29 is 80.8 Å². The fourth-order valence-corrected chi connectivity index (χ4v) is 10.9. The van der Waals surface area contributed by atoms with Gasteiger partial charge < -0.3 is 73.4 Å². The molecule has 0 fully saturated rings. The number of thiazole rings is 1. The van der Waals surface area contributed by atoms with Gasteiger partial charge in [0.05, 0.1) is 108 Å². The number of aromatic nitrogens is 4. The highest BCUT2D eigenvalue weighted by Gasteiger charge is 2.53. The average molecular weight is 1290 g/mol. The lowest BCUT2D eigenvalue weighted by Crippen LogP contribution is -2.33. The molecule has 0 bridgehead atoms. The number of hydrogen-bond acceptors (Lipinski definition) is 20. The van der Waals surface area contributed by atoms with Crippen LogP contribution in [0, 0.1) is 18.6 Å². The van der Waals surface area contributed by atoms with Crippen molar-refractivity contribution in [3.8, 4) is 40.1 Å². The number of amides is 2. The molecule has 2 aliphatic heterocycles. The van der Waals surface area contributed by atoms with E-state index in [-0.39, 0.29) is 68.1 Å². The number of hydrogen-bond donors (Lipinski definition) is 6. The number of phenolic OH excluding ortho intramolecular Hbond substituents is 2. The van der Waals surface area contributed by atoms with E-state index in [0.29, 0.717) is 157 Å². The normalized spacial score (nSPS) is 12.6. The van der Waals surface area contributed by atoms with Gasteiger partial charge in [-0.25, -0.2) is 23.5 Å². The molecule has 1 spiro atoms. The molecule has 0 aliphatic carbocycles. The van der Waals surface area contributed by atoms with E-state index < -0.39 is 34.9 Å². The predicted octanol–water partition coefficient (Wildman–Crippen LogP) is 8.85. The first-order valence-corrected chi connectivity index (χ1v) is 30.4. The fourth-order valence-electron chi connectivity index (χ4n) is 10.0. The zero-order valence-corrected chi connectivity index (χ0v) is 50.9. The van der Waals surface area contributed by atoms with Crippen LogP contribution in [-0.4, -0.2) is 144 Å². The van der Waals surface area contributed by atoms with Gasteiger partial charge in [-0.3, -0.25) is 24.7 Å². The van der Waals surface area contributed by atoms with Gasteiger partial charge in [0.1, 0.15) is 34.5 Å². The molecule has 23 nitrogen and oxygen atoms in total. The zero-order chi connectivity index (χ0) is 63.7. The summed E-state index contributed by atoms with van der Waals surface area (Å²) >= 11 is 6.77. The molecule has 0 atom stereocenters. The van der Waals surface area contributed by atoms with E-state index >= 15 is 0 Å². The summed E-state index contributed by atoms with van der Waals surface area (Å²) < 4.78 is 82.0. The standard InChI is InChI=1S/C64H64F2N8O15S2/c1-39-70-52-33-41(60(79)73-63-72-53(38-91-63)51-5-2-3-16-67-51)7-14-54(52)74(39)18-4-6-57(77)69-37-40-31-49(65)59(50(66)32-40)88-58(78)15-19-81-21-23-83-25-27-85-29-30-86-28-26-84-24-22-82-20-17-68-62(90)71-42-8-11-46-45(34-42)61(80)89-64(46)47-12-9-43(75)35-55(47)87-56-36-44(76)10-13-48(56)64/h2-3,5,7-14,16,31-36,38,75-76H,4,6,15,17-30,37H2,1H3,(H,69,77)(H2,68,71,90)(H,72,73,79). The van der Waals surface area contributed by atoms with Gasteiger partial charge in [-0.05, 0) is 110 Å². The Hall–Kier alpha value is -9.06. The summed E-state index contributed by atoms with van der Waals surface area (Å²) in [5.41, 5.74) is 4.46. The number of carbonyl (C=O) groups excluding carboxylic acids is 4. The maximum atomic E-state index is 14.9. The largest absolute Gasteiger partial charge is 0.508 e. The number of imidazole rings is 1. The number of thiocarbonyl (C=S) groups is 1. The van der Waals surface area contributed by atoms with E-state index in [1.165, 1.54) is 35.6 Å². The van der Waals surface area contributed by atoms with E-state index in [0.717, 1.165) is 17.6 Å². The van der Waals surface area contributed by atoms with Crippen LogP contribution in [0.25, 0.3) is 22.4 Å². The Bertz CT molecular complexity index is 3840. The van der Waals surface area contributed by atoms with Crippen molar-refractivity contribution >= 4 is 74.3 Å². The number of carbonyl (C=O) groups is 4. The van der Waals surface area contributed by atoms with E-state index in [9.17, 15) is 38.2 Å². The SMILES string of the molecule is Cc1nc2cc(C(=O)Nc3nc(-c4ccccn4)cs3)ccc2n1CCCC(=O)NCc1cc(F)c(OC(=O)CCOCCOCCOCCOCCOCCOCCNC(=S)Nc2ccc3c(c2)C(=O)OC32c3ccc(O)cc3Oc3cc(O)ccc32)c(F)c1. The van der Waals surface area contributed by atoms with Crippen LogP contribution < -0.4 is 30.7 Å². The molecular formula is C64H64F2N8O15S2. The lowest BCUT2D eigenvalue weighted by molar-refractivity contribution is -0.136. The van der Waals surface area contributed by atoms with Crippen molar-refractivity contribution in [2.45, 2.75) is 44.9 Å². The lowest BCUT2D eigenvalue weighted by atomic mass is 9.77. The number of nitrogens with zero attached hydrogens (tertiary/aromatic N) is 4. The van der Waals surface area contributed by atoms with Gasteiger partial charge in [-0.2, -0.15) is 0 Å². The van der Waals surface area contributed by atoms with Gasteiger partial charge >= 0.3 is 11.9 Å². The van der Waals surface area contributed by atoms with Crippen LogP contribution in [-0.2, 0) is 61.4 Å². The number of aryl methyl sites for hydroxylation is 2. The van der Waals surface area contributed by atoms with Crippen LogP contribution in [0.15, 0.2) is 115 Å². The summed E-state index contributed by atoms with van der Waals surface area (Å²) in [6.45, 7) is 5.99. The minimum atomic E-state index is -1.36. The molecule has 3 aromatic heterocycles. The molecule has 476 valence electrons. The summed E-state index contributed by atoms with van der Waals surface area (Å²) in [5.74, 6) is -3.94. The Morgan fingerprint density at radius 3 is 1.98 bits per heavy atom. The maximum absolute atomic E-state index is 14.9. The number of rotatable bonds is 32. The number of fused-ring (bicyclic) bond motifs is 7. The summed E-state index contributed by atoms with van der Waals surface area (Å²) in [6.07, 6.45) is 1.97. The van der Waals surface area contributed by atoms with Crippen molar-refractivity contribution in [1.82, 2.24) is 30.2 Å². The number of nitrogens with one attached hydrogen (secondary N) is 4. The van der Waals surface area contributed by atoms with Crippen molar-refractivity contribution in [3.63, 3.8) is 0 Å². The van der Waals surface area contributed by atoms with E-state index in [4.69, 9.17) is 54.8 Å². The van der Waals surface area contributed by atoms with Crippen LogP contribution in [0.3, 0.4) is 0 Å². The summed E-state index contributed by atoms with van der Waals surface area (Å²) in [5, 5.41) is 34.6. The Balaban J connectivity index is 0.507. The molecule has 5 aromatic carbocycles. The fraction of sp³-hybridized carbons (Fsp3) is 0.312. The topological polar surface area (TPSA) is 284 Å². The number of halogens is 2. The van der Waals surface area contributed by atoms with Gasteiger partial charge in [-0.1, -0.05) is 12.1 Å². The maximum Gasteiger partial charge on any atom is 0.340 e. The molecule has 2 aliphatic rings. The van der Waals surface area contributed by atoms with Crippen molar-refractivity contribution in [2.75, 3.05) is 96.5 Å². The minimum Gasteiger partial charge on any atom is -0.508 e. The molecule has 0 unspecified atom stereocenters. The number of pyridine rings is 1. The molecule has 0 saturated carbocycles. The lowest BCUT2D eigenvalue weighted by Gasteiger charge is -2.36. The second-order valence-corrected chi connectivity index (χ2v) is 21.8. The minimum absolute atomic E-state index is 0.0309. The summed E-state index contributed by atoms with van der Waals surface area (Å²) in [6, 6.07) is 27.1. The number of ether oxygens (including phenoxy) is 9. The highest BCUT2D eigenvalue weighted by atomic mass is 32.1. The van der Waals surface area contributed by atoms with Crippen molar-refractivity contribution in [3.05, 3.63) is 166 Å².